The van der Waals surface area contributed by atoms with Crippen LogP contribution in [0.15, 0.2) is 69.0 Å². The molecule has 1 aliphatic rings. The SMILES string of the molecule is CCOc1cc(/C=C2/SC(=Nc3c(C)cccc3C)N(CC)C2=O)cc(I)c1OCc1ccc(Br)cc1. The minimum Gasteiger partial charge on any atom is -0.490 e. The van der Waals surface area contributed by atoms with Gasteiger partial charge in [0, 0.05) is 11.0 Å². The maximum absolute atomic E-state index is 13.3. The molecule has 1 heterocycles. The molecule has 5 nitrogen and oxygen atoms in total. The summed E-state index contributed by atoms with van der Waals surface area (Å²) in [6, 6.07) is 18.1. The fourth-order valence-corrected chi connectivity index (χ4v) is 6.00. The van der Waals surface area contributed by atoms with Crippen LogP contribution in [-0.4, -0.2) is 29.1 Å². The number of thioether (sulfide) groups is 1. The van der Waals surface area contributed by atoms with Crippen LogP contribution in [0.4, 0.5) is 5.69 Å². The second-order valence-electron chi connectivity index (χ2n) is 8.47. The number of hydrogen-bond acceptors (Lipinski definition) is 5. The molecular formula is C29H28BrIN2O3S. The number of likely N-dealkylation sites (N-methyl/N-ethyl adjacent to an activating group) is 1. The van der Waals surface area contributed by atoms with E-state index >= 15 is 0 Å². The molecule has 1 fully saturated rings. The van der Waals surface area contributed by atoms with E-state index in [1.54, 1.807) is 4.90 Å². The number of carbonyl (C=O) groups is 1. The Balaban J connectivity index is 1.63. The van der Waals surface area contributed by atoms with Crippen molar-refractivity contribution in [2.24, 2.45) is 4.99 Å². The van der Waals surface area contributed by atoms with Crippen molar-refractivity contribution in [1.29, 1.82) is 0 Å². The van der Waals surface area contributed by atoms with E-state index in [1.807, 2.05) is 88.4 Å². The third-order valence-corrected chi connectivity index (χ3v) is 8.11. The topological polar surface area (TPSA) is 51.1 Å². The number of benzene rings is 3. The number of para-hydroxylation sites is 1. The highest BCUT2D eigenvalue weighted by atomic mass is 127. The Bertz CT molecular complexity index is 1350. The number of amidine groups is 1. The van der Waals surface area contributed by atoms with Gasteiger partial charge in [0.2, 0.25) is 0 Å². The molecule has 1 aliphatic heterocycles. The summed E-state index contributed by atoms with van der Waals surface area (Å²) in [6.45, 7) is 9.49. The molecule has 1 amide bonds. The number of amides is 1. The predicted molar refractivity (Wildman–Crippen MR) is 165 cm³/mol. The second kappa shape index (κ2) is 12.5. The van der Waals surface area contributed by atoms with Gasteiger partial charge in [0.1, 0.15) is 6.61 Å². The molecule has 0 saturated carbocycles. The highest BCUT2D eigenvalue weighted by Crippen LogP contribution is 2.39. The lowest BCUT2D eigenvalue weighted by Crippen LogP contribution is -2.28. The molecule has 3 aromatic rings. The highest BCUT2D eigenvalue weighted by Gasteiger charge is 2.32. The lowest BCUT2D eigenvalue weighted by molar-refractivity contribution is -0.122. The van der Waals surface area contributed by atoms with E-state index < -0.39 is 0 Å². The van der Waals surface area contributed by atoms with E-state index in [-0.39, 0.29) is 5.91 Å². The molecule has 1 saturated heterocycles. The van der Waals surface area contributed by atoms with Gasteiger partial charge in [0.15, 0.2) is 16.7 Å². The van der Waals surface area contributed by atoms with Crippen molar-refractivity contribution in [3.05, 3.63) is 89.8 Å². The monoisotopic (exact) mass is 690 g/mol. The first-order chi connectivity index (χ1) is 17.8. The van der Waals surface area contributed by atoms with Crippen LogP contribution in [0.1, 0.15) is 36.1 Å². The Morgan fingerprint density at radius 3 is 2.41 bits per heavy atom. The molecule has 3 aromatic carbocycles. The smallest absolute Gasteiger partial charge is 0.266 e. The number of halogens is 2. The molecule has 37 heavy (non-hydrogen) atoms. The minimum atomic E-state index is -0.0407. The molecule has 0 atom stereocenters. The van der Waals surface area contributed by atoms with Gasteiger partial charge < -0.3 is 9.47 Å². The van der Waals surface area contributed by atoms with Crippen molar-refractivity contribution < 1.29 is 14.3 Å². The summed E-state index contributed by atoms with van der Waals surface area (Å²) in [5.41, 5.74) is 5.03. The summed E-state index contributed by atoms with van der Waals surface area (Å²) in [6.07, 6.45) is 1.91. The van der Waals surface area contributed by atoms with Crippen LogP contribution < -0.4 is 9.47 Å². The Hall–Kier alpha value is -2.30. The number of aryl methyl sites for hydroxylation is 2. The quantitative estimate of drug-likeness (QED) is 0.176. The molecule has 8 heteroatoms. The molecular weight excluding hydrogens is 663 g/mol. The highest BCUT2D eigenvalue weighted by molar-refractivity contribution is 14.1. The van der Waals surface area contributed by atoms with Crippen LogP contribution in [0.2, 0.25) is 0 Å². The van der Waals surface area contributed by atoms with E-state index in [4.69, 9.17) is 14.5 Å². The summed E-state index contributed by atoms with van der Waals surface area (Å²) in [5, 5.41) is 0.699. The first-order valence-corrected chi connectivity index (χ1v) is 14.7. The zero-order valence-corrected chi connectivity index (χ0v) is 25.7. The van der Waals surface area contributed by atoms with Gasteiger partial charge in [0.25, 0.3) is 5.91 Å². The van der Waals surface area contributed by atoms with Crippen molar-refractivity contribution in [2.75, 3.05) is 13.2 Å². The fraction of sp³-hybridized carbons (Fsp3) is 0.241. The number of ether oxygens (including phenoxy) is 2. The van der Waals surface area contributed by atoms with Gasteiger partial charge in [-0.2, -0.15) is 0 Å². The number of hydrogen-bond donors (Lipinski definition) is 0. The van der Waals surface area contributed by atoms with Crippen LogP contribution in [0.3, 0.4) is 0 Å². The molecule has 0 radical (unpaired) electrons. The average molecular weight is 691 g/mol. The predicted octanol–water partition coefficient (Wildman–Crippen LogP) is 8.27. The Labute approximate surface area is 244 Å². The van der Waals surface area contributed by atoms with Crippen molar-refractivity contribution in [1.82, 2.24) is 4.90 Å². The third kappa shape index (κ3) is 6.59. The molecule has 0 N–H and O–H groups in total. The molecule has 0 aliphatic carbocycles. The minimum absolute atomic E-state index is 0.0407. The molecule has 0 aromatic heterocycles. The lowest BCUT2D eigenvalue weighted by Gasteiger charge is -2.15. The number of nitrogens with zero attached hydrogens (tertiary/aromatic N) is 2. The molecule has 192 valence electrons. The molecule has 0 bridgehead atoms. The van der Waals surface area contributed by atoms with Crippen molar-refractivity contribution in [3.8, 4) is 11.5 Å². The Morgan fingerprint density at radius 2 is 1.76 bits per heavy atom. The number of aliphatic imine (C=N–C) groups is 1. The summed E-state index contributed by atoms with van der Waals surface area (Å²) in [5.74, 6) is 1.32. The maximum Gasteiger partial charge on any atom is 0.266 e. The van der Waals surface area contributed by atoms with Gasteiger partial charge in [-0.1, -0.05) is 46.3 Å². The van der Waals surface area contributed by atoms with Gasteiger partial charge in [-0.3, -0.25) is 9.69 Å². The third-order valence-electron chi connectivity index (χ3n) is 5.78. The van der Waals surface area contributed by atoms with Crippen molar-refractivity contribution in [2.45, 2.75) is 34.3 Å². The standard InChI is InChI=1S/C29H28BrIN2O3S/c1-5-33-28(34)25(37-29(33)32-26-18(3)8-7-9-19(26)4)16-21-14-23(31)27(24(15-21)35-6-2)36-17-20-10-12-22(30)13-11-20/h7-16H,5-6,17H2,1-4H3/b25-16+,32-29?. The molecule has 4 rings (SSSR count). The lowest BCUT2D eigenvalue weighted by atomic mass is 10.1. The van der Waals surface area contributed by atoms with Crippen LogP contribution in [-0.2, 0) is 11.4 Å². The largest absolute Gasteiger partial charge is 0.490 e. The van der Waals surface area contributed by atoms with E-state index in [1.165, 1.54) is 11.8 Å². The van der Waals surface area contributed by atoms with Crippen LogP contribution in [0.5, 0.6) is 11.5 Å². The zero-order chi connectivity index (χ0) is 26.5. The summed E-state index contributed by atoms with van der Waals surface area (Å²) in [7, 11) is 0. The van der Waals surface area contributed by atoms with Crippen molar-refractivity contribution >= 4 is 73.1 Å². The average Bonchev–Trinajstić information content (AvgIpc) is 3.16. The normalized spacial score (nSPS) is 15.6. The first-order valence-electron chi connectivity index (χ1n) is 12.0. The molecule has 0 spiro atoms. The number of carbonyl (C=O) groups excluding carboxylic acids is 1. The van der Waals surface area contributed by atoms with E-state index in [0.717, 1.165) is 36.0 Å². The van der Waals surface area contributed by atoms with Crippen LogP contribution >= 0.6 is 50.3 Å². The van der Waals surface area contributed by atoms with E-state index in [9.17, 15) is 4.79 Å². The number of rotatable bonds is 8. The Kier molecular flexibility index (Phi) is 9.36. The maximum atomic E-state index is 13.3. The van der Waals surface area contributed by atoms with Gasteiger partial charge in [-0.15, -0.1) is 0 Å². The second-order valence-corrected chi connectivity index (χ2v) is 11.6. The zero-order valence-electron chi connectivity index (χ0n) is 21.2. The van der Waals surface area contributed by atoms with Gasteiger partial charge in [0.05, 0.1) is 20.8 Å². The summed E-state index contributed by atoms with van der Waals surface area (Å²) >= 11 is 7.13. The Morgan fingerprint density at radius 1 is 1.05 bits per heavy atom. The van der Waals surface area contributed by atoms with E-state index in [0.29, 0.717) is 41.3 Å². The summed E-state index contributed by atoms with van der Waals surface area (Å²) in [4.78, 5) is 20.5. The van der Waals surface area contributed by atoms with E-state index in [2.05, 4.69) is 38.5 Å². The fourth-order valence-electron chi connectivity index (χ4n) is 3.91. The molecule has 0 unspecified atom stereocenters. The van der Waals surface area contributed by atoms with Gasteiger partial charge >= 0.3 is 0 Å². The summed E-state index contributed by atoms with van der Waals surface area (Å²) < 4.78 is 14.0. The first kappa shape index (κ1) is 27.7. The van der Waals surface area contributed by atoms with Crippen LogP contribution in [0.25, 0.3) is 6.08 Å². The van der Waals surface area contributed by atoms with Crippen LogP contribution in [0, 0.1) is 17.4 Å². The van der Waals surface area contributed by atoms with Gasteiger partial charge in [-0.05, 0) is 115 Å². The van der Waals surface area contributed by atoms with Crippen molar-refractivity contribution in [3.63, 3.8) is 0 Å². The van der Waals surface area contributed by atoms with Gasteiger partial charge in [-0.25, -0.2) is 4.99 Å².